The maximum absolute atomic E-state index is 13.0. The van der Waals surface area contributed by atoms with Gasteiger partial charge in [-0.1, -0.05) is 41.4 Å². The number of rotatable bonds is 4. The molecule has 5 rings (SSSR count). The first-order valence-corrected chi connectivity index (χ1v) is 10.8. The molecule has 0 unspecified atom stereocenters. The lowest BCUT2D eigenvalue weighted by atomic mass is 10.0. The molecule has 32 heavy (non-hydrogen) atoms. The van der Waals surface area contributed by atoms with E-state index >= 15 is 0 Å². The van der Waals surface area contributed by atoms with Gasteiger partial charge in [0.05, 0.1) is 18.2 Å². The summed E-state index contributed by atoms with van der Waals surface area (Å²) in [5, 5.41) is 1.20. The molecule has 0 saturated heterocycles. The van der Waals surface area contributed by atoms with E-state index in [1.807, 2.05) is 42.5 Å². The summed E-state index contributed by atoms with van der Waals surface area (Å²) in [6, 6.07) is 16.5. The molecule has 0 radical (unpaired) electrons. The first-order valence-electron chi connectivity index (χ1n) is 10.0. The van der Waals surface area contributed by atoms with Crippen molar-refractivity contribution in [3.05, 3.63) is 92.7 Å². The molecule has 0 aromatic heterocycles. The van der Waals surface area contributed by atoms with Gasteiger partial charge in [-0.2, -0.15) is 0 Å². The zero-order valence-electron chi connectivity index (χ0n) is 17.2. The molecule has 162 valence electrons. The number of carbonyl (C=O) groups is 1. The molecule has 0 fully saturated rings. The Hall–Kier alpha value is -2.99. The Morgan fingerprint density at radius 2 is 2.00 bits per heavy atom. The van der Waals surface area contributed by atoms with Crippen molar-refractivity contribution < 1.29 is 19.0 Å². The zero-order chi connectivity index (χ0) is 22.2. The van der Waals surface area contributed by atoms with Gasteiger partial charge in [0.2, 0.25) is 5.78 Å². The lowest BCUT2D eigenvalue weighted by Gasteiger charge is -2.30. The van der Waals surface area contributed by atoms with Crippen molar-refractivity contribution >= 4 is 35.1 Å². The maximum Gasteiger partial charge on any atom is 0.231 e. The molecule has 2 aliphatic heterocycles. The number of Topliss-reactive ketones (excluding diaryl/α,β-unsaturated/α-hetero) is 1. The summed E-state index contributed by atoms with van der Waals surface area (Å²) in [5.41, 5.74) is 3.16. The van der Waals surface area contributed by atoms with Crippen molar-refractivity contribution in [2.75, 3.05) is 13.8 Å². The highest BCUT2D eigenvalue weighted by molar-refractivity contribution is 6.35. The number of methoxy groups -OCH3 is 1. The smallest absolute Gasteiger partial charge is 0.231 e. The average molecular weight is 468 g/mol. The number of nitrogens with zero attached hydrogens (tertiary/aromatic N) is 1. The minimum Gasteiger partial charge on any atom is -0.497 e. The molecule has 0 saturated carbocycles. The number of ketones is 1. The predicted molar refractivity (Wildman–Crippen MR) is 124 cm³/mol. The van der Waals surface area contributed by atoms with Crippen molar-refractivity contribution in [2.24, 2.45) is 0 Å². The van der Waals surface area contributed by atoms with Crippen LogP contribution in [-0.4, -0.2) is 24.5 Å². The molecule has 0 atom stereocenters. The highest BCUT2D eigenvalue weighted by Crippen LogP contribution is 2.42. The Morgan fingerprint density at radius 3 is 2.81 bits per heavy atom. The quantitative estimate of drug-likeness (QED) is 0.442. The van der Waals surface area contributed by atoms with Crippen molar-refractivity contribution in [1.29, 1.82) is 0 Å². The van der Waals surface area contributed by atoms with Crippen molar-refractivity contribution in [3.63, 3.8) is 0 Å². The third-order valence-corrected chi connectivity index (χ3v) is 6.07. The predicted octanol–water partition coefficient (Wildman–Crippen LogP) is 5.97. The lowest BCUT2D eigenvalue weighted by Crippen LogP contribution is -2.31. The van der Waals surface area contributed by atoms with Crippen LogP contribution in [0.1, 0.15) is 27.0 Å². The number of allylic oxidation sites excluding steroid dienone is 1. The second-order valence-corrected chi connectivity index (χ2v) is 8.48. The molecule has 7 heteroatoms. The third kappa shape index (κ3) is 3.95. The van der Waals surface area contributed by atoms with Gasteiger partial charge in [-0.15, -0.1) is 0 Å². The molecule has 0 spiro atoms. The Bertz CT molecular complexity index is 1250. The molecule has 5 nitrogen and oxygen atoms in total. The van der Waals surface area contributed by atoms with E-state index in [9.17, 15) is 4.79 Å². The number of benzene rings is 3. The van der Waals surface area contributed by atoms with Crippen LogP contribution in [0.3, 0.4) is 0 Å². The maximum atomic E-state index is 13.0. The van der Waals surface area contributed by atoms with E-state index in [4.69, 9.17) is 37.4 Å². The molecule has 0 amide bonds. The van der Waals surface area contributed by atoms with Gasteiger partial charge < -0.3 is 14.2 Å². The average Bonchev–Trinajstić information content (AvgIpc) is 3.11. The summed E-state index contributed by atoms with van der Waals surface area (Å²) < 4.78 is 17.3. The summed E-state index contributed by atoms with van der Waals surface area (Å²) in [5.74, 6) is 2.11. The van der Waals surface area contributed by atoms with E-state index in [0.717, 1.165) is 22.4 Å². The van der Waals surface area contributed by atoms with E-state index in [1.165, 1.54) is 0 Å². The van der Waals surface area contributed by atoms with Crippen LogP contribution in [0.5, 0.6) is 17.2 Å². The normalized spacial score (nSPS) is 16.3. The van der Waals surface area contributed by atoms with Gasteiger partial charge in [-0.25, -0.2) is 0 Å². The Balaban J connectivity index is 1.42. The van der Waals surface area contributed by atoms with Gasteiger partial charge in [-0.05, 0) is 53.6 Å². The van der Waals surface area contributed by atoms with Crippen LogP contribution in [0.25, 0.3) is 6.08 Å². The van der Waals surface area contributed by atoms with Crippen LogP contribution in [0.15, 0.2) is 60.4 Å². The molecule has 3 aromatic rings. The van der Waals surface area contributed by atoms with Crippen molar-refractivity contribution in [3.8, 4) is 17.2 Å². The highest BCUT2D eigenvalue weighted by atomic mass is 35.5. The Morgan fingerprint density at radius 1 is 1.12 bits per heavy atom. The molecule has 2 heterocycles. The van der Waals surface area contributed by atoms with Crippen LogP contribution in [0, 0.1) is 0 Å². The summed E-state index contributed by atoms with van der Waals surface area (Å²) in [6.45, 7) is 1.56. The Labute approximate surface area is 195 Å². The number of ether oxygens (including phenoxy) is 3. The second-order valence-electron chi connectivity index (χ2n) is 7.63. The molecule has 0 N–H and O–H groups in total. The zero-order valence-corrected chi connectivity index (χ0v) is 18.7. The van der Waals surface area contributed by atoms with E-state index in [2.05, 4.69) is 4.90 Å². The van der Waals surface area contributed by atoms with Crippen molar-refractivity contribution in [1.82, 2.24) is 4.90 Å². The number of hydrogen-bond donors (Lipinski definition) is 0. The number of hydrogen-bond acceptors (Lipinski definition) is 5. The van der Waals surface area contributed by atoms with Crippen LogP contribution in [0.2, 0.25) is 10.0 Å². The van der Waals surface area contributed by atoms with Gasteiger partial charge in [0.15, 0.2) is 5.76 Å². The fraction of sp³-hybridized carbons (Fsp3) is 0.160. The number of carbonyl (C=O) groups excluding carboxylic acids is 1. The molecule has 3 aromatic carbocycles. The first-order chi connectivity index (χ1) is 15.5. The fourth-order valence-corrected chi connectivity index (χ4v) is 4.35. The van der Waals surface area contributed by atoms with E-state index < -0.39 is 0 Å². The fourth-order valence-electron chi connectivity index (χ4n) is 3.88. The number of halogens is 2. The summed E-state index contributed by atoms with van der Waals surface area (Å²) in [4.78, 5) is 15.1. The molecule has 2 aliphatic rings. The standard InChI is InChI=1S/C25H19Cl2NO4/c1-30-18-4-2-3-15(9-18)10-23-24(29)19-7-8-22-20(25(19)32-23)13-28(14-31-22)12-16-5-6-17(26)11-21(16)27/h2-11H,12-14H2,1H3/b23-10-. The van der Waals surface area contributed by atoms with E-state index in [0.29, 0.717) is 46.9 Å². The minimum atomic E-state index is -0.150. The van der Waals surface area contributed by atoms with Gasteiger partial charge in [-0.3, -0.25) is 9.69 Å². The first kappa shape index (κ1) is 20.9. The largest absolute Gasteiger partial charge is 0.497 e. The van der Waals surface area contributed by atoms with Crippen LogP contribution in [-0.2, 0) is 13.1 Å². The van der Waals surface area contributed by atoms with Crippen LogP contribution in [0.4, 0.5) is 0 Å². The highest BCUT2D eigenvalue weighted by Gasteiger charge is 2.33. The SMILES string of the molecule is COc1cccc(/C=C2\Oc3c(ccc4c3CN(Cc3ccc(Cl)cc3Cl)CO4)C2=O)c1. The van der Waals surface area contributed by atoms with Gasteiger partial charge in [0.25, 0.3) is 0 Å². The molecular formula is C25H19Cl2NO4. The summed E-state index contributed by atoms with van der Waals surface area (Å²) in [6.07, 6.45) is 1.73. The van der Waals surface area contributed by atoms with Crippen molar-refractivity contribution in [2.45, 2.75) is 13.1 Å². The summed E-state index contributed by atoms with van der Waals surface area (Å²) >= 11 is 12.4. The van der Waals surface area contributed by atoms with E-state index in [1.54, 1.807) is 25.3 Å². The van der Waals surface area contributed by atoms with Gasteiger partial charge >= 0.3 is 0 Å². The summed E-state index contributed by atoms with van der Waals surface area (Å²) in [7, 11) is 1.61. The lowest BCUT2D eigenvalue weighted by molar-refractivity contribution is 0.0873. The van der Waals surface area contributed by atoms with Gasteiger partial charge in [0, 0.05) is 23.1 Å². The monoisotopic (exact) mass is 467 g/mol. The third-order valence-electron chi connectivity index (χ3n) is 5.48. The van der Waals surface area contributed by atoms with E-state index in [-0.39, 0.29) is 11.5 Å². The number of fused-ring (bicyclic) bond motifs is 3. The van der Waals surface area contributed by atoms with Crippen LogP contribution < -0.4 is 14.2 Å². The molecule has 0 bridgehead atoms. The molecule has 0 aliphatic carbocycles. The Kier molecular flexibility index (Phi) is 5.55. The topological polar surface area (TPSA) is 48.0 Å². The molecular weight excluding hydrogens is 449 g/mol. The van der Waals surface area contributed by atoms with Gasteiger partial charge in [0.1, 0.15) is 24.0 Å². The second kappa shape index (κ2) is 8.51. The van der Waals surface area contributed by atoms with Crippen LogP contribution >= 0.6 is 23.2 Å². The minimum absolute atomic E-state index is 0.150.